The first-order chi connectivity index (χ1) is 18.5. The molecule has 0 radical (unpaired) electrons. The predicted molar refractivity (Wildman–Crippen MR) is 142 cm³/mol. The fraction of sp³-hybridized carbons (Fsp3) is 0.308. The lowest BCUT2D eigenvalue weighted by Crippen LogP contribution is -2.47. The van der Waals surface area contributed by atoms with Crippen molar-refractivity contribution >= 4 is 28.3 Å². The van der Waals surface area contributed by atoms with Gasteiger partial charge in [0.2, 0.25) is 18.3 Å². The fourth-order valence-corrected chi connectivity index (χ4v) is 4.88. The third-order valence-corrected chi connectivity index (χ3v) is 6.93. The topological polar surface area (TPSA) is 111 Å². The number of rotatable bonds is 6. The second kappa shape index (κ2) is 9.68. The Bertz CT molecular complexity index is 1670. The Morgan fingerprint density at radius 1 is 1.08 bits per heavy atom. The number of nitrogens with zero attached hydrogens (tertiary/aromatic N) is 10. The summed E-state index contributed by atoms with van der Waals surface area (Å²) >= 11 is 0. The summed E-state index contributed by atoms with van der Waals surface area (Å²) in [5, 5.41) is 9.87. The van der Waals surface area contributed by atoms with Crippen LogP contribution in [0.4, 0.5) is 16.0 Å². The van der Waals surface area contributed by atoms with Crippen LogP contribution in [-0.4, -0.2) is 72.0 Å². The van der Waals surface area contributed by atoms with Gasteiger partial charge in [-0.1, -0.05) is 6.07 Å². The van der Waals surface area contributed by atoms with Gasteiger partial charge in [0.25, 0.3) is 0 Å². The van der Waals surface area contributed by atoms with E-state index in [4.69, 9.17) is 17.3 Å². The van der Waals surface area contributed by atoms with Crippen LogP contribution in [0.1, 0.15) is 11.1 Å². The quantitative estimate of drug-likeness (QED) is 0.347. The van der Waals surface area contributed by atoms with Gasteiger partial charge in [0.15, 0.2) is 11.3 Å². The van der Waals surface area contributed by atoms with E-state index in [0.29, 0.717) is 48.1 Å². The first-order valence-electron chi connectivity index (χ1n) is 12.4. The molecule has 1 aromatic carbocycles. The summed E-state index contributed by atoms with van der Waals surface area (Å²) in [5.74, 6) is 0.475. The van der Waals surface area contributed by atoms with E-state index in [1.807, 2.05) is 28.6 Å². The van der Waals surface area contributed by atoms with Crippen LogP contribution in [0.3, 0.4) is 0 Å². The monoisotopic (exact) mass is 511 g/mol. The lowest BCUT2D eigenvalue weighted by Gasteiger charge is -2.36. The number of hydrogen-bond donors (Lipinski definition) is 1. The molecule has 1 aliphatic heterocycles. The molecular formula is C26H26FN11. The molecule has 0 amide bonds. The average molecular weight is 512 g/mol. The molecule has 1 fully saturated rings. The van der Waals surface area contributed by atoms with Crippen LogP contribution in [-0.2, 0) is 13.1 Å². The summed E-state index contributed by atoms with van der Waals surface area (Å²) in [4.78, 5) is 21.5. The highest BCUT2D eigenvalue weighted by atomic mass is 19.1. The summed E-state index contributed by atoms with van der Waals surface area (Å²) in [6, 6.07) is 8.76. The zero-order valence-electron chi connectivity index (χ0n) is 20.9. The van der Waals surface area contributed by atoms with Crippen molar-refractivity contribution in [3.8, 4) is 11.5 Å². The molecule has 38 heavy (non-hydrogen) atoms. The van der Waals surface area contributed by atoms with Gasteiger partial charge >= 0.3 is 0 Å². The number of anilines is 2. The average Bonchev–Trinajstić information content (AvgIpc) is 3.54. The van der Waals surface area contributed by atoms with Crippen LogP contribution in [0.5, 0.6) is 0 Å². The Labute approximate surface area is 218 Å². The highest BCUT2D eigenvalue weighted by Gasteiger charge is 2.22. The number of piperazine rings is 1. The molecule has 5 aromatic rings. The minimum atomic E-state index is -0.250. The Morgan fingerprint density at radius 2 is 1.92 bits per heavy atom. The van der Waals surface area contributed by atoms with Gasteiger partial charge in [-0.2, -0.15) is 14.6 Å². The molecule has 192 valence electrons. The maximum Gasteiger partial charge on any atom is 0.239 e. The third kappa shape index (κ3) is 4.26. The number of pyridine rings is 1. The Hall–Kier alpha value is -4.63. The Morgan fingerprint density at radius 3 is 2.71 bits per heavy atom. The van der Waals surface area contributed by atoms with Crippen molar-refractivity contribution in [1.29, 1.82) is 0 Å². The zero-order valence-corrected chi connectivity index (χ0v) is 20.9. The summed E-state index contributed by atoms with van der Waals surface area (Å²) in [6.07, 6.45) is 3.46. The van der Waals surface area contributed by atoms with Crippen LogP contribution in [0.15, 0.2) is 42.7 Å². The molecule has 4 aromatic heterocycles. The van der Waals surface area contributed by atoms with Crippen molar-refractivity contribution in [2.24, 2.45) is 0 Å². The number of aryl methyl sites for hydroxylation is 1. The van der Waals surface area contributed by atoms with E-state index >= 15 is 0 Å². The van der Waals surface area contributed by atoms with Crippen molar-refractivity contribution < 1.29 is 4.39 Å². The lowest BCUT2D eigenvalue weighted by atomic mass is 10.1. The molecule has 1 aliphatic rings. The van der Waals surface area contributed by atoms with E-state index in [-0.39, 0.29) is 18.3 Å². The molecular weight excluding hydrogens is 485 g/mol. The van der Waals surface area contributed by atoms with Gasteiger partial charge in [0, 0.05) is 44.5 Å². The molecule has 11 nitrogen and oxygen atoms in total. The zero-order chi connectivity index (χ0) is 26.2. The molecule has 0 saturated carbocycles. The summed E-state index contributed by atoms with van der Waals surface area (Å²) in [7, 11) is 0. The van der Waals surface area contributed by atoms with Crippen LogP contribution in [0.25, 0.3) is 33.0 Å². The fourth-order valence-electron chi connectivity index (χ4n) is 4.88. The van der Waals surface area contributed by atoms with E-state index in [0.717, 1.165) is 36.1 Å². The van der Waals surface area contributed by atoms with E-state index in [1.165, 1.54) is 10.6 Å². The van der Waals surface area contributed by atoms with Crippen molar-refractivity contribution in [2.75, 3.05) is 43.4 Å². The maximum absolute atomic E-state index is 14.5. The van der Waals surface area contributed by atoms with Crippen LogP contribution < -0.4 is 10.6 Å². The summed E-state index contributed by atoms with van der Waals surface area (Å²) in [5.41, 5.74) is 10.6. The van der Waals surface area contributed by atoms with Gasteiger partial charge in [0.1, 0.15) is 11.5 Å². The molecule has 5 heterocycles. The minimum Gasteiger partial charge on any atom is -0.368 e. The summed E-state index contributed by atoms with van der Waals surface area (Å²) in [6.45, 7) is 13.7. The highest BCUT2D eigenvalue weighted by molar-refractivity contribution is 5.90. The van der Waals surface area contributed by atoms with Gasteiger partial charge in [0.05, 0.1) is 23.8 Å². The van der Waals surface area contributed by atoms with Crippen molar-refractivity contribution in [3.05, 3.63) is 71.1 Å². The highest BCUT2D eigenvalue weighted by Crippen LogP contribution is 2.25. The number of benzene rings is 1. The number of nitrogen functional groups attached to an aromatic ring is 1. The third-order valence-electron chi connectivity index (χ3n) is 6.93. The molecule has 0 unspecified atom stereocenters. The smallest absolute Gasteiger partial charge is 0.239 e. The van der Waals surface area contributed by atoms with Crippen LogP contribution in [0.2, 0.25) is 0 Å². The van der Waals surface area contributed by atoms with Crippen LogP contribution in [0, 0.1) is 19.3 Å². The molecule has 0 aliphatic carbocycles. The molecule has 6 rings (SSSR count). The SMILES string of the molecule is [C-]#[N+]Cc1ccc(F)c(N2CCN(CCn3ncc4c3nc(N)n3nc(-c5ncccc5C)nc43)CC2)c1. The molecule has 1 saturated heterocycles. The normalized spacial score (nSPS) is 14.4. The second-order valence-corrected chi connectivity index (χ2v) is 9.35. The predicted octanol–water partition coefficient (Wildman–Crippen LogP) is 2.81. The van der Waals surface area contributed by atoms with Gasteiger partial charge in [-0.05, 0) is 36.8 Å². The van der Waals surface area contributed by atoms with Crippen molar-refractivity contribution in [3.63, 3.8) is 0 Å². The Balaban J connectivity index is 1.17. The van der Waals surface area contributed by atoms with Crippen molar-refractivity contribution in [1.82, 2.24) is 39.2 Å². The van der Waals surface area contributed by atoms with Crippen molar-refractivity contribution in [2.45, 2.75) is 20.0 Å². The van der Waals surface area contributed by atoms with E-state index in [2.05, 4.69) is 29.9 Å². The molecule has 0 atom stereocenters. The number of aromatic nitrogens is 7. The number of hydrogen-bond acceptors (Lipinski definition) is 8. The van der Waals surface area contributed by atoms with E-state index < -0.39 is 0 Å². The molecule has 0 bridgehead atoms. The number of halogens is 1. The van der Waals surface area contributed by atoms with Gasteiger partial charge < -0.3 is 15.5 Å². The van der Waals surface area contributed by atoms with E-state index in [9.17, 15) is 4.39 Å². The van der Waals surface area contributed by atoms with Crippen LogP contribution >= 0.6 is 0 Å². The minimum absolute atomic E-state index is 0.234. The van der Waals surface area contributed by atoms with Gasteiger partial charge in [-0.25, -0.2) is 20.6 Å². The lowest BCUT2D eigenvalue weighted by molar-refractivity contribution is 0.245. The summed E-state index contributed by atoms with van der Waals surface area (Å²) < 4.78 is 17.8. The number of nitrogens with two attached hydrogens (primary N) is 1. The van der Waals surface area contributed by atoms with Gasteiger partial charge in [-0.3, -0.25) is 9.88 Å². The van der Waals surface area contributed by atoms with Gasteiger partial charge in [-0.15, -0.1) is 5.10 Å². The Kier molecular flexibility index (Phi) is 6.05. The molecule has 2 N–H and O–H groups in total. The molecule has 0 spiro atoms. The molecule has 12 heteroatoms. The second-order valence-electron chi connectivity index (χ2n) is 9.35. The first kappa shape index (κ1) is 23.7. The maximum atomic E-state index is 14.5. The van der Waals surface area contributed by atoms with E-state index in [1.54, 1.807) is 24.5 Å². The largest absolute Gasteiger partial charge is 0.368 e. The standard InChI is InChI=1S/C26H26FN11/c1-17-4-3-7-30-22(17)23-32-25-19-16-31-37(24(19)33-26(28)38(25)34-23)13-10-35-8-11-36(12-9-35)21-14-18(15-29-2)5-6-20(21)27/h3-7,14,16H,8-13,15H2,1H3,(H2,28,33). The number of fused-ring (bicyclic) bond motifs is 3. The first-order valence-corrected chi connectivity index (χ1v) is 12.4.